The van der Waals surface area contributed by atoms with E-state index >= 15 is 0 Å². The molecule has 0 radical (unpaired) electrons. The van der Waals surface area contributed by atoms with Gasteiger partial charge in [-0.3, -0.25) is 9.69 Å². The Morgan fingerprint density at radius 2 is 2.11 bits per heavy atom. The predicted octanol–water partition coefficient (Wildman–Crippen LogP) is 2.80. The van der Waals surface area contributed by atoms with Gasteiger partial charge in [0.15, 0.2) is 0 Å². The number of carbonyl (C=O) groups is 1. The lowest BCUT2D eigenvalue weighted by Gasteiger charge is -2.23. The summed E-state index contributed by atoms with van der Waals surface area (Å²) in [6, 6.07) is 10.3. The van der Waals surface area contributed by atoms with Gasteiger partial charge in [0, 0.05) is 19.6 Å². The standard InChI is InChI=1S/C15H19NO2.ClH/c17-14(18)15-8-4-7-13(15)10-16(11-15)9-12-5-2-1-3-6-12;/h1-3,5-6,13H,4,7-11H2,(H,17,18);1H. The zero-order valence-corrected chi connectivity index (χ0v) is 11.7. The molecule has 1 N–H and O–H groups in total. The second kappa shape index (κ2) is 5.51. The van der Waals surface area contributed by atoms with Crippen LogP contribution in [0.5, 0.6) is 0 Å². The maximum absolute atomic E-state index is 11.6. The number of fused-ring (bicyclic) bond motifs is 1. The number of hydrogen-bond acceptors (Lipinski definition) is 2. The molecule has 3 nitrogen and oxygen atoms in total. The van der Waals surface area contributed by atoms with Crippen LogP contribution >= 0.6 is 12.4 Å². The third kappa shape index (κ3) is 2.49. The fourth-order valence-corrected chi connectivity index (χ4v) is 3.71. The monoisotopic (exact) mass is 281 g/mol. The minimum Gasteiger partial charge on any atom is -0.481 e. The van der Waals surface area contributed by atoms with Gasteiger partial charge in [-0.05, 0) is 24.3 Å². The third-order valence-corrected chi connectivity index (χ3v) is 4.62. The lowest BCUT2D eigenvalue weighted by Crippen LogP contribution is -2.35. The zero-order valence-electron chi connectivity index (χ0n) is 10.9. The van der Waals surface area contributed by atoms with Crippen molar-refractivity contribution in [3.63, 3.8) is 0 Å². The second-order valence-corrected chi connectivity index (χ2v) is 5.71. The van der Waals surface area contributed by atoms with Gasteiger partial charge < -0.3 is 5.11 Å². The van der Waals surface area contributed by atoms with E-state index in [1.807, 2.05) is 18.2 Å². The van der Waals surface area contributed by atoms with Crippen LogP contribution < -0.4 is 0 Å². The first-order chi connectivity index (χ1) is 8.71. The zero-order chi connectivity index (χ0) is 12.6. The highest BCUT2D eigenvalue weighted by atomic mass is 35.5. The SMILES string of the molecule is Cl.O=C(O)C12CCCC1CN(Cc1ccccc1)C2. The molecule has 0 aromatic heterocycles. The van der Waals surface area contributed by atoms with Gasteiger partial charge in [-0.1, -0.05) is 36.8 Å². The van der Waals surface area contributed by atoms with Crippen molar-refractivity contribution in [1.29, 1.82) is 0 Å². The molecule has 1 saturated carbocycles. The molecular formula is C15H20ClNO2. The Morgan fingerprint density at radius 1 is 1.37 bits per heavy atom. The lowest BCUT2D eigenvalue weighted by molar-refractivity contribution is -0.149. The molecule has 2 aliphatic rings. The molecule has 4 heteroatoms. The van der Waals surface area contributed by atoms with Gasteiger partial charge in [0.1, 0.15) is 0 Å². The summed E-state index contributed by atoms with van der Waals surface area (Å²) in [6.07, 6.45) is 3.02. The summed E-state index contributed by atoms with van der Waals surface area (Å²) >= 11 is 0. The highest BCUT2D eigenvalue weighted by molar-refractivity contribution is 5.85. The minimum absolute atomic E-state index is 0. The Labute approximate surface area is 120 Å². The molecule has 1 aliphatic carbocycles. The Balaban J connectivity index is 0.00000133. The first kappa shape index (κ1) is 14.4. The molecule has 1 aromatic carbocycles. The summed E-state index contributed by atoms with van der Waals surface area (Å²) < 4.78 is 0. The van der Waals surface area contributed by atoms with Gasteiger partial charge in [0.2, 0.25) is 0 Å². The van der Waals surface area contributed by atoms with Crippen molar-refractivity contribution in [1.82, 2.24) is 4.90 Å². The van der Waals surface area contributed by atoms with Gasteiger partial charge in [0.25, 0.3) is 0 Å². The van der Waals surface area contributed by atoms with Gasteiger partial charge in [-0.2, -0.15) is 0 Å². The Kier molecular flexibility index (Phi) is 4.16. The maximum Gasteiger partial charge on any atom is 0.311 e. The highest BCUT2D eigenvalue weighted by Crippen LogP contribution is 2.49. The van der Waals surface area contributed by atoms with Crippen molar-refractivity contribution < 1.29 is 9.90 Å². The minimum atomic E-state index is -0.583. The molecule has 3 rings (SSSR count). The van der Waals surface area contributed by atoms with Crippen LogP contribution in [0.3, 0.4) is 0 Å². The molecule has 1 heterocycles. The van der Waals surface area contributed by atoms with Crippen molar-refractivity contribution in [2.75, 3.05) is 13.1 Å². The number of nitrogens with zero attached hydrogens (tertiary/aromatic N) is 1. The Hall–Kier alpha value is -1.06. The number of likely N-dealkylation sites (tertiary alicyclic amines) is 1. The van der Waals surface area contributed by atoms with Gasteiger partial charge in [-0.25, -0.2) is 0 Å². The van der Waals surface area contributed by atoms with Crippen molar-refractivity contribution in [2.45, 2.75) is 25.8 Å². The first-order valence-corrected chi connectivity index (χ1v) is 6.70. The molecule has 2 fully saturated rings. The smallest absolute Gasteiger partial charge is 0.311 e. The lowest BCUT2D eigenvalue weighted by atomic mass is 9.81. The van der Waals surface area contributed by atoms with Crippen LogP contribution in [0.1, 0.15) is 24.8 Å². The summed E-state index contributed by atoms with van der Waals surface area (Å²) in [5.41, 5.74) is 0.826. The average Bonchev–Trinajstić information content (AvgIpc) is 2.87. The fraction of sp³-hybridized carbons (Fsp3) is 0.533. The highest BCUT2D eigenvalue weighted by Gasteiger charge is 2.54. The number of halogens is 1. The summed E-state index contributed by atoms with van der Waals surface area (Å²) in [7, 11) is 0. The summed E-state index contributed by atoms with van der Waals surface area (Å²) in [4.78, 5) is 13.9. The maximum atomic E-state index is 11.6. The summed E-state index contributed by atoms with van der Waals surface area (Å²) in [5, 5.41) is 9.53. The van der Waals surface area contributed by atoms with E-state index in [0.717, 1.165) is 38.9 Å². The van der Waals surface area contributed by atoms with Gasteiger partial charge in [0.05, 0.1) is 5.41 Å². The average molecular weight is 282 g/mol. The van der Waals surface area contributed by atoms with E-state index in [4.69, 9.17) is 0 Å². The van der Waals surface area contributed by atoms with E-state index in [1.54, 1.807) is 0 Å². The number of aliphatic carboxylic acids is 1. The van der Waals surface area contributed by atoms with Crippen molar-refractivity contribution in [3.05, 3.63) is 35.9 Å². The molecule has 1 aliphatic heterocycles. The third-order valence-electron chi connectivity index (χ3n) is 4.62. The first-order valence-electron chi connectivity index (χ1n) is 6.70. The number of carboxylic acid groups (broad SMARTS) is 1. The van der Waals surface area contributed by atoms with E-state index < -0.39 is 11.4 Å². The van der Waals surface area contributed by atoms with Crippen molar-refractivity contribution in [3.8, 4) is 0 Å². The van der Waals surface area contributed by atoms with Crippen LogP contribution in [-0.4, -0.2) is 29.1 Å². The van der Waals surface area contributed by atoms with Crippen molar-refractivity contribution in [2.24, 2.45) is 11.3 Å². The molecule has 2 atom stereocenters. The topological polar surface area (TPSA) is 40.5 Å². The molecule has 104 valence electrons. The van der Waals surface area contributed by atoms with Crippen LogP contribution in [0.4, 0.5) is 0 Å². The number of benzene rings is 1. The van der Waals surface area contributed by atoms with Crippen LogP contribution in [0.15, 0.2) is 30.3 Å². The van der Waals surface area contributed by atoms with Gasteiger partial charge >= 0.3 is 5.97 Å². The van der Waals surface area contributed by atoms with Crippen LogP contribution in [0.25, 0.3) is 0 Å². The van der Waals surface area contributed by atoms with E-state index in [0.29, 0.717) is 5.92 Å². The molecule has 0 amide bonds. The van der Waals surface area contributed by atoms with Gasteiger partial charge in [-0.15, -0.1) is 12.4 Å². The van der Waals surface area contributed by atoms with Crippen LogP contribution in [0, 0.1) is 11.3 Å². The summed E-state index contributed by atoms with van der Waals surface area (Å²) in [6.45, 7) is 2.55. The number of hydrogen-bond donors (Lipinski definition) is 1. The molecule has 0 bridgehead atoms. The van der Waals surface area contributed by atoms with Crippen LogP contribution in [0.2, 0.25) is 0 Å². The fourth-order valence-electron chi connectivity index (χ4n) is 3.71. The number of carboxylic acids is 1. The number of rotatable bonds is 3. The van der Waals surface area contributed by atoms with Crippen LogP contribution in [-0.2, 0) is 11.3 Å². The second-order valence-electron chi connectivity index (χ2n) is 5.71. The normalized spacial score (nSPS) is 29.8. The Bertz CT molecular complexity index is 451. The molecular weight excluding hydrogens is 262 g/mol. The van der Waals surface area contributed by atoms with E-state index in [9.17, 15) is 9.90 Å². The van der Waals surface area contributed by atoms with E-state index in [1.165, 1.54) is 5.56 Å². The quantitative estimate of drug-likeness (QED) is 0.926. The predicted molar refractivity (Wildman–Crippen MR) is 76.4 cm³/mol. The Morgan fingerprint density at radius 3 is 2.74 bits per heavy atom. The summed E-state index contributed by atoms with van der Waals surface area (Å²) in [5.74, 6) is -0.223. The molecule has 1 aromatic rings. The largest absolute Gasteiger partial charge is 0.481 e. The van der Waals surface area contributed by atoms with Crippen molar-refractivity contribution >= 4 is 18.4 Å². The molecule has 0 spiro atoms. The molecule has 2 unspecified atom stereocenters. The van der Waals surface area contributed by atoms with E-state index in [-0.39, 0.29) is 12.4 Å². The van der Waals surface area contributed by atoms with E-state index in [2.05, 4.69) is 17.0 Å². The molecule has 19 heavy (non-hydrogen) atoms. The molecule has 1 saturated heterocycles.